The van der Waals surface area contributed by atoms with Crippen molar-refractivity contribution in [1.82, 2.24) is 9.97 Å². The van der Waals surface area contributed by atoms with Gasteiger partial charge < -0.3 is 9.84 Å². The SMILES string of the molecule is COc1cc(C=CC(=O)C=Cc2nc(C)c(C)nc2C)ccc1O. The van der Waals surface area contributed by atoms with Gasteiger partial charge in [0.25, 0.3) is 0 Å². The van der Waals surface area contributed by atoms with Crippen molar-refractivity contribution in [1.29, 1.82) is 0 Å². The minimum absolute atomic E-state index is 0.0599. The van der Waals surface area contributed by atoms with E-state index in [0.717, 1.165) is 22.6 Å². The topological polar surface area (TPSA) is 72.3 Å². The number of ether oxygens (including phenoxy) is 1. The van der Waals surface area contributed by atoms with Gasteiger partial charge in [-0.2, -0.15) is 0 Å². The summed E-state index contributed by atoms with van der Waals surface area (Å²) in [5, 5.41) is 9.55. The Hall–Kier alpha value is -2.95. The molecule has 0 fully saturated rings. The number of hydrogen-bond donors (Lipinski definition) is 1. The fraction of sp³-hybridized carbons (Fsp3) is 0.211. The van der Waals surface area contributed by atoms with Crippen LogP contribution in [0.5, 0.6) is 11.5 Å². The maximum atomic E-state index is 12.0. The van der Waals surface area contributed by atoms with Gasteiger partial charge in [-0.05, 0) is 56.7 Å². The summed E-state index contributed by atoms with van der Waals surface area (Å²) in [4.78, 5) is 20.8. The van der Waals surface area contributed by atoms with Gasteiger partial charge in [0.05, 0.1) is 29.9 Å². The number of hydrogen-bond acceptors (Lipinski definition) is 5. The number of benzene rings is 1. The summed E-state index contributed by atoms with van der Waals surface area (Å²) >= 11 is 0. The highest BCUT2D eigenvalue weighted by Crippen LogP contribution is 2.26. The van der Waals surface area contributed by atoms with E-state index >= 15 is 0 Å². The van der Waals surface area contributed by atoms with Crippen molar-refractivity contribution in [3.63, 3.8) is 0 Å². The number of phenols is 1. The molecule has 0 aliphatic heterocycles. The number of phenolic OH excluding ortho intramolecular Hbond substituents is 1. The minimum atomic E-state index is -0.165. The fourth-order valence-corrected chi connectivity index (χ4v) is 2.08. The van der Waals surface area contributed by atoms with Gasteiger partial charge in [-0.15, -0.1) is 0 Å². The standard InChI is InChI=1S/C19H20N2O3/c1-12-13(2)21-17(14(3)20-12)9-8-16(22)7-5-15-6-10-18(23)19(11-15)24-4/h5-11,23H,1-4H3. The van der Waals surface area contributed by atoms with Gasteiger partial charge in [-0.25, -0.2) is 4.98 Å². The molecule has 0 saturated carbocycles. The maximum Gasteiger partial charge on any atom is 0.178 e. The van der Waals surface area contributed by atoms with Crippen LogP contribution in [0.1, 0.15) is 28.3 Å². The van der Waals surface area contributed by atoms with Crippen LogP contribution in [0.15, 0.2) is 30.4 Å². The summed E-state index contributed by atoms with van der Waals surface area (Å²) in [6, 6.07) is 4.87. The zero-order chi connectivity index (χ0) is 17.7. The molecule has 0 aliphatic rings. The molecule has 0 bridgehead atoms. The number of methoxy groups -OCH3 is 1. The summed E-state index contributed by atoms with van der Waals surface area (Å²) < 4.78 is 5.03. The molecule has 0 saturated heterocycles. The summed E-state index contributed by atoms with van der Waals surface area (Å²) in [6.45, 7) is 5.66. The molecular formula is C19H20N2O3. The molecule has 24 heavy (non-hydrogen) atoms. The van der Waals surface area contributed by atoms with Gasteiger partial charge in [-0.3, -0.25) is 9.78 Å². The molecule has 0 aliphatic carbocycles. The van der Waals surface area contributed by atoms with E-state index in [9.17, 15) is 9.90 Å². The first-order valence-corrected chi connectivity index (χ1v) is 7.49. The maximum absolute atomic E-state index is 12.0. The lowest BCUT2D eigenvalue weighted by atomic mass is 10.1. The van der Waals surface area contributed by atoms with Crippen LogP contribution in [-0.2, 0) is 4.79 Å². The first-order valence-electron chi connectivity index (χ1n) is 7.49. The normalized spacial score (nSPS) is 11.3. The van der Waals surface area contributed by atoms with Crippen LogP contribution in [0.3, 0.4) is 0 Å². The van der Waals surface area contributed by atoms with Crippen LogP contribution in [-0.4, -0.2) is 28.0 Å². The summed E-state index contributed by atoms with van der Waals surface area (Å²) in [7, 11) is 1.48. The van der Waals surface area contributed by atoms with E-state index < -0.39 is 0 Å². The second-order valence-corrected chi connectivity index (χ2v) is 5.37. The highest BCUT2D eigenvalue weighted by atomic mass is 16.5. The Morgan fingerprint density at radius 2 is 1.71 bits per heavy atom. The molecule has 1 heterocycles. The molecule has 1 N–H and O–H groups in total. The van der Waals surface area contributed by atoms with Crippen molar-refractivity contribution in [2.45, 2.75) is 20.8 Å². The first kappa shape index (κ1) is 17.4. The lowest BCUT2D eigenvalue weighted by molar-refractivity contribution is -0.110. The zero-order valence-corrected chi connectivity index (χ0v) is 14.2. The molecule has 5 heteroatoms. The average molecular weight is 324 g/mol. The fourth-order valence-electron chi connectivity index (χ4n) is 2.08. The van der Waals surface area contributed by atoms with E-state index in [1.54, 1.807) is 24.3 Å². The van der Waals surface area contributed by atoms with Crippen LogP contribution in [0.2, 0.25) is 0 Å². The van der Waals surface area contributed by atoms with Crippen molar-refractivity contribution in [2.24, 2.45) is 0 Å². The predicted molar refractivity (Wildman–Crippen MR) is 94.0 cm³/mol. The smallest absolute Gasteiger partial charge is 0.178 e. The van der Waals surface area contributed by atoms with Crippen molar-refractivity contribution < 1.29 is 14.6 Å². The van der Waals surface area contributed by atoms with Crippen molar-refractivity contribution in [3.8, 4) is 11.5 Å². The molecule has 5 nitrogen and oxygen atoms in total. The Morgan fingerprint density at radius 1 is 1.04 bits per heavy atom. The molecule has 2 rings (SSSR count). The number of aromatic nitrogens is 2. The lowest BCUT2D eigenvalue weighted by Crippen LogP contribution is -1.99. The van der Waals surface area contributed by atoms with E-state index in [-0.39, 0.29) is 11.5 Å². The zero-order valence-electron chi connectivity index (χ0n) is 14.2. The molecule has 0 spiro atoms. The van der Waals surface area contributed by atoms with Crippen molar-refractivity contribution in [2.75, 3.05) is 7.11 Å². The summed E-state index contributed by atoms with van der Waals surface area (Å²) in [6.07, 6.45) is 6.23. The first-order chi connectivity index (χ1) is 11.4. The third kappa shape index (κ3) is 4.29. The third-order valence-corrected chi connectivity index (χ3v) is 3.57. The second-order valence-electron chi connectivity index (χ2n) is 5.37. The number of ketones is 1. The van der Waals surface area contributed by atoms with Gasteiger partial charge in [0.15, 0.2) is 17.3 Å². The van der Waals surface area contributed by atoms with E-state index in [1.807, 2.05) is 20.8 Å². The third-order valence-electron chi connectivity index (χ3n) is 3.57. The van der Waals surface area contributed by atoms with Gasteiger partial charge in [0.1, 0.15) is 0 Å². The quantitative estimate of drug-likeness (QED) is 0.853. The van der Waals surface area contributed by atoms with Crippen LogP contribution >= 0.6 is 0 Å². The molecule has 0 radical (unpaired) electrons. The van der Waals surface area contributed by atoms with Crippen molar-refractivity contribution >= 4 is 17.9 Å². The van der Waals surface area contributed by atoms with Gasteiger partial charge >= 0.3 is 0 Å². The Balaban J connectivity index is 2.12. The average Bonchev–Trinajstić information content (AvgIpc) is 2.56. The van der Waals surface area contributed by atoms with E-state index in [4.69, 9.17) is 4.74 Å². The Bertz CT molecular complexity index is 824. The molecule has 0 atom stereocenters. The number of carbonyl (C=O) groups excluding carboxylic acids is 1. The van der Waals surface area contributed by atoms with Crippen molar-refractivity contribution in [3.05, 3.63) is 58.7 Å². The van der Waals surface area contributed by atoms with Crippen LogP contribution in [0.25, 0.3) is 12.2 Å². The molecule has 0 amide bonds. The number of aryl methyl sites for hydroxylation is 3. The Kier molecular flexibility index (Phi) is 5.47. The van der Waals surface area contributed by atoms with E-state index in [1.165, 1.54) is 25.3 Å². The number of carbonyl (C=O) groups is 1. The van der Waals surface area contributed by atoms with E-state index in [2.05, 4.69) is 9.97 Å². The van der Waals surface area contributed by atoms with Crippen LogP contribution in [0, 0.1) is 20.8 Å². The summed E-state index contributed by atoms with van der Waals surface area (Å²) in [5.41, 5.74) is 3.96. The molecular weight excluding hydrogens is 304 g/mol. The van der Waals surface area contributed by atoms with Gasteiger partial charge in [0.2, 0.25) is 0 Å². The molecule has 124 valence electrons. The highest BCUT2D eigenvalue weighted by molar-refractivity contribution is 6.04. The van der Waals surface area contributed by atoms with Crippen LogP contribution < -0.4 is 4.74 Å². The van der Waals surface area contributed by atoms with Crippen LogP contribution in [0.4, 0.5) is 0 Å². The Labute approximate surface area is 141 Å². The largest absolute Gasteiger partial charge is 0.504 e. The number of allylic oxidation sites excluding steroid dienone is 2. The molecule has 0 unspecified atom stereocenters. The summed E-state index contributed by atoms with van der Waals surface area (Å²) in [5.74, 6) is 0.257. The number of rotatable bonds is 5. The molecule has 2 aromatic rings. The Morgan fingerprint density at radius 3 is 2.42 bits per heavy atom. The lowest BCUT2D eigenvalue weighted by Gasteiger charge is -2.03. The van der Waals surface area contributed by atoms with Gasteiger partial charge in [0, 0.05) is 0 Å². The monoisotopic (exact) mass is 324 g/mol. The predicted octanol–water partition coefficient (Wildman–Crippen LogP) is 3.41. The second kappa shape index (κ2) is 7.55. The highest BCUT2D eigenvalue weighted by Gasteiger charge is 2.03. The minimum Gasteiger partial charge on any atom is -0.504 e. The number of aromatic hydroxyl groups is 1. The molecule has 1 aromatic heterocycles. The number of nitrogens with zero attached hydrogens (tertiary/aromatic N) is 2. The van der Waals surface area contributed by atoms with E-state index in [0.29, 0.717) is 11.4 Å². The van der Waals surface area contributed by atoms with Gasteiger partial charge in [-0.1, -0.05) is 12.1 Å². The molecule has 1 aromatic carbocycles.